The molecule has 0 amide bonds. The number of methoxy groups -OCH3 is 2. The van der Waals surface area contributed by atoms with Crippen LogP contribution >= 0.6 is 0 Å². The lowest BCUT2D eigenvalue weighted by Crippen LogP contribution is -2.27. The van der Waals surface area contributed by atoms with E-state index in [4.69, 9.17) is 34.0 Å². The van der Waals surface area contributed by atoms with E-state index in [0.29, 0.717) is 11.5 Å². The number of rotatable bonds is 5. The number of benzene rings is 1. The topological polar surface area (TPSA) is 131 Å². The zero-order valence-electron chi connectivity index (χ0n) is 15.7. The molecule has 9 heteroatoms. The Bertz CT molecular complexity index is 661. The van der Waals surface area contributed by atoms with Crippen LogP contribution in [0, 0.1) is 5.92 Å². The average Bonchev–Trinajstić information content (AvgIpc) is 3.10. The second-order valence-electron chi connectivity index (χ2n) is 6.04. The van der Waals surface area contributed by atoms with Gasteiger partial charge in [0.25, 0.3) is 0 Å². The minimum atomic E-state index is -1.82. The van der Waals surface area contributed by atoms with Crippen molar-refractivity contribution in [3.8, 4) is 11.5 Å². The highest BCUT2D eigenvalue weighted by Gasteiger charge is 2.35. The van der Waals surface area contributed by atoms with Crippen molar-refractivity contribution in [2.45, 2.75) is 32.4 Å². The summed E-state index contributed by atoms with van der Waals surface area (Å²) in [6, 6.07) is 5.69. The van der Waals surface area contributed by atoms with Crippen LogP contribution in [0.2, 0.25) is 0 Å². The van der Waals surface area contributed by atoms with Crippen LogP contribution in [0.1, 0.15) is 31.9 Å². The summed E-state index contributed by atoms with van der Waals surface area (Å²) in [5.74, 6) is -2.61. The van der Waals surface area contributed by atoms with Crippen LogP contribution in [0.3, 0.4) is 0 Å². The Morgan fingerprint density at radius 3 is 2.15 bits per heavy atom. The van der Waals surface area contributed by atoms with Crippen molar-refractivity contribution in [2.75, 3.05) is 20.8 Å². The molecule has 3 N–H and O–H groups in total. The van der Waals surface area contributed by atoms with E-state index < -0.39 is 11.9 Å². The predicted octanol–water partition coefficient (Wildman–Crippen LogP) is 1.46. The first kappa shape index (κ1) is 22.2. The summed E-state index contributed by atoms with van der Waals surface area (Å²) in [4.78, 5) is 30.4. The van der Waals surface area contributed by atoms with Crippen molar-refractivity contribution >= 4 is 17.9 Å². The molecule has 1 aliphatic rings. The van der Waals surface area contributed by atoms with Gasteiger partial charge in [0.05, 0.1) is 26.2 Å². The van der Waals surface area contributed by atoms with Gasteiger partial charge in [-0.1, -0.05) is 6.07 Å². The van der Waals surface area contributed by atoms with Crippen LogP contribution in [-0.4, -0.2) is 55.0 Å². The second kappa shape index (κ2) is 10.4. The van der Waals surface area contributed by atoms with E-state index in [-0.39, 0.29) is 24.0 Å². The standard InChI is InChI=1S/C16H23NO4.C2H2O4/c1-10(2)21-16(18)12-7-8-17-15(12)11-5-6-13(19-3)14(9-11)20-4;3-1(4)2(5)6/h5-6,9-10,12,15,17H,7-8H2,1-4H3;(H,3,4)(H,5,6). The number of aliphatic carboxylic acids is 2. The number of hydrogen-bond donors (Lipinski definition) is 3. The third-order valence-electron chi connectivity index (χ3n) is 3.83. The molecule has 1 aromatic rings. The molecule has 1 fully saturated rings. The molecule has 0 aromatic heterocycles. The quantitative estimate of drug-likeness (QED) is 0.511. The summed E-state index contributed by atoms with van der Waals surface area (Å²) in [6.45, 7) is 4.54. The third kappa shape index (κ3) is 6.45. The van der Waals surface area contributed by atoms with Crippen molar-refractivity contribution < 1.29 is 38.8 Å². The molecule has 2 rings (SSSR count). The van der Waals surface area contributed by atoms with Crippen LogP contribution in [0.4, 0.5) is 0 Å². The number of carbonyl (C=O) groups excluding carboxylic acids is 1. The maximum Gasteiger partial charge on any atom is 0.414 e. The van der Waals surface area contributed by atoms with E-state index in [1.165, 1.54) is 0 Å². The highest BCUT2D eigenvalue weighted by atomic mass is 16.5. The molecule has 150 valence electrons. The van der Waals surface area contributed by atoms with E-state index in [9.17, 15) is 4.79 Å². The van der Waals surface area contributed by atoms with Gasteiger partial charge in [-0.25, -0.2) is 9.59 Å². The first-order valence-electron chi connectivity index (χ1n) is 8.33. The van der Waals surface area contributed by atoms with Crippen LogP contribution < -0.4 is 14.8 Å². The van der Waals surface area contributed by atoms with Gasteiger partial charge in [-0.15, -0.1) is 0 Å². The lowest BCUT2D eigenvalue weighted by molar-refractivity contribution is -0.159. The largest absolute Gasteiger partial charge is 0.493 e. The summed E-state index contributed by atoms with van der Waals surface area (Å²) in [5.41, 5.74) is 1.01. The predicted molar refractivity (Wildman–Crippen MR) is 94.9 cm³/mol. The van der Waals surface area contributed by atoms with Crippen LogP contribution in [0.15, 0.2) is 18.2 Å². The Morgan fingerprint density at radius 1 is 1.07 bits per heavy atom. The van der Waals surface area contributed by atoms with E-state index >= 15 is 0 Å². The molecule has 1 saturated heterocycles. The Morgan fingerprint density at radius 2 is 1.67 bits per heavy atom. The molecule has 1 heterocycles. The SMILES string of the molecule is COc1ccc(C2NCCC2C(=O)OC(C)C)cc1OC.O=C(O)C(=O)O. The Kier molecular flexibility index (Phi) is 8.53. The Labute approximate surface area is 157 Å². The number of nitrogens with one attached hydrogen (secondary N) is 1. The zero-order chi connectivity index (χ0) is 20.6. The van der Waals surface area contributed by atoms with Gasteiger partial charge >= 0.3 is 17.9 Å². The van der Waals surface area contributed by atoms with Gasteiger partial charge in [0.15, 0.2) is 11.5 Å². The molecular formula is C18H25NO8. The Hall–Kier alpha value is -2.81. The maximum absolute atomic E-state index is 12.2. The van der Waals surface area contributed by atoms with E-state index in [1.807, 2.05) is 32.0 Å². The molecule has 2 unspecified atom stereocenters. The highest BCUT2D eigenvalue weighted by Crippen LogP contribution is 2.36. The van der Waals surface area contributed by atoms with Gasteiger partial charge in [-0.3, -0.25) is 4.79 Å². The number of hydrogen-bond acceptors (Lipinski definition) is 7. The van der Waals surface area contributed by atoms with E-state index in [0.717, 1.165) is 18.5 Å². The van der Waals surface area contributed by atoms with Gasteiger partial charge in [0.1, 0.15) is 0 Å². The third-order valence-corrected chi connectivity index (χ3v) is 3.83. The molecule has 27 heavy (non-hydrogen) atoms. The molecule has 0 aliphatic carbocycles. The van der Waals surface area contributed by atoms with E-state index in [1.54, 1.807) is 14.2 Å². The van der Waals surface area contributed by atoms with Gasteiger partial charge in [0.2, 0.25) is 0 Å². The molecule has 1 aromatic carbocycles. The fraction of sp³-hybridized carbons (Fsp3) is 0.500. The fourth-order valence-corrected chi connectivity index (χ4v) is 2.67. The summed E-state index contributed by atoms with van der Waals surface area (Å²) in [6.07, 6.45) is 0.689. The van der Waals surface area contributed by atoms with Gasteiger partial charge in [-0.2, -0.15) is 0 Å². The summed E-state index contributed by atoms with van der Waals surface area (Å²) in [7, 11) is 3.21. The van der Waals surface area contributed by atoms with Crippen molar-refractivity contribution in [1.82, 2.24) is 5.32 Å². The van der Waals surface area contributed by atoms with Gasteiger partial charge in [-0.05, 0) is 44.5 Å². The average molecular weight is 383 g/mol. The van der Waals surface area contributed by atoms with Crippen molar-refractivity contribution in [1.29, 1.82) is 0 Å². The molecule has 9 nitrogen and oxygen atoms in total. The fourth-order valence-electron chi connectivity index (χ4n) is 2.67. The molecular weight excluding hydrogens is 358 g/mol. The van der Waals surface area contributed by atoms with Crippen LogP contribution in [0.5, 0.6) is 11.5 Å². The molecule has 0 bridgehead atoms. The van der Waals surface area contributed by atoms with Crippen LogP contribution in [-0.2, 0) is 19.1 Å². The summed E-state index contributed by atoms with van der Waals surface area (Å²) < 4.78 is 15.9. The second-order valence-corrected chi connectivity index (χ2v) is 6.04. The van der Waals surface area contributed by atoms with E-state index in [2.05, 4.69) is 5.32 Å². The molecule has 1 aliphatic heterocycles. The number of carboxylic acids is 2. The van der Waals surface area contributed by atoms with Crippen molar-refractivity contribution in [2.24, 2.45) is 5.92 Å². The van der Waals surface area contributed by atoms with Gasteiger partial charge in [0, 0.05) is 6.04 Å². The molecule has 2 atom stereocenters. The van der Waals surface area contributed by atoms with Gasteiger partial charge < -0.3 is 29.7 Å². The maximum atomic E-state index is 12.2. The van der Waals surface area contributed by atoms with Crippen molar-refractivity contribution in [3.63, 3.8) is 0 Å². The minimum Gasteiger partial charge on any atom is -0.493 e. The normalized spacial score (nSPS) is 18.3. The molecule has 0 saturated carbocycles. The molecule has 0 radical (unpaired) electrons. The minimum absolute atomic E-state index is 0.0453. The number of carbonyl (C=O) groups is 3. The number of carboxylic acid groups (broad SMARTS) is 2. The zero-order valence-corrected chi connectivity index (χ0v) is 15.7. The smallest absolute Gasteiger partial charge is 0.414 e. The summed E-state index contributed by atoms with van der Waals surface area (Å²) >= 11 is 0. The van der Waals surface area contributed by atoms with Crippen LogP contribution in [0.25, 0.3) is 0 Å². The molecule has 0 spiro atoms. The first-order chi connectivity index (χ1) is 12.7. The van der Waals surface area contributed by atoms with Crippen molar-refractivity contribution in [3.05, 3.63) is 23.8 Å². The highest BCUT2D eigenvalue weighted by molar-refractivity contribution is 6.27. The first-order valence-corrected chi connectivity index (χ1v) is 8.33. The number of esters is 1. The lowest BCUT2D eigenvalue weighted by atomic mass is 9.94. The lowest BCUT2D eigenvalue weighted by Gasteiger charge is -2.21. The summed E-state index contributed by atoms with van der Waals surface area (Å²) in [5, 5.41) is 18.2. The number of ether oxygens (including phenoxy) is 3. The Balaban J connectivity index is 0.000000527. The monoisotopic (exact) mass is 383 g/mol.